The normalized spacial score (nSPS) is 25.0. The summed E-state index contributed by atoms with van der Waals surface area (Å²) in [5.41, 5.74) is 8.97. The van der Waals surface area contributed by atoms with Crippen molar-refractivity contribution in [3.05, 3.63) is 36.2 Å². The minimum atomic E-state index is -0.364. The molecule has 2 atom stereocenters. The van der Waals surface area contributed by atoms with E-state index in [2.05, 4.69) is 41.0 Å². The number of nitrogen functional groups attached to an aromatic ring is 1. The topological polar surface area (TPSA) is 93.4 Å². The number of hydrogen-bond acceptors (Lipinski definition) is 7. The second-order valence-corrected chi connectivity index (χ2v) is 9.50. The molecule has 2 aromatic rings. The van der Waals surface area contributed by atoms with Crippen LogP contribution in [-0.2, 0) is 4.74 Å². The Balaban J connectivity index is 1.58. The number of nitrogens with two attached hydrogens (primary N) is 1. The fraction of sp³-hybridized carbons (Fsp3) is 0.500. The molecule has 1 aromatic carbocycles. The minimum Gasteiger partial charge on any atom is -0.465 e. The quantitative estimate of drug-likeness (QED) is 0.756. The largest absolute Gasteiger partial charge is 0.465 e. The van der Waals surface area contributed by atoms with E-state index in [-0.39, 0.29) is 5.97 Å². The fourth-order valence-corrected chi connectivity index (χ4v) is 5.37. The number of methoxy groups -OCH3 is 1. The highest BCUT2D eigenvalue weighted by atomic mass is 16.5. The Morgan fingerprint density at radius 2 is 1.93 bits per heavy atom. The Morgan fingerprint density at radius 3 is 2.62 bits per heavy atom. The lowest BCUT2D eigenvalue weighted by molar-refractivity contribution is 0.0600. The summed E-state index contributed by atoms with van der Waals surface area (Å²) < 4.78 is 4.74. The lowest BCUT2D eigenvalue weighted by Gasteiger charge is -2.39. The number of aromatic nitrogens is 2. The van der Waals surface area contributed by atoms with Gasteiger partial charge in [0.05, 0.1) is 12.7 Å². The number of nitrogens with one attached hydrogen (secondary N) is 1. The van der Waals surface area contributed by atoms with Crippen LogP contribution in [0.3, 0.4) is 0 Å². The molecule has 2 heterocycles. The van der Waals surface area contributed by atoms with Crippen molar-refractivity contribution in [1.29, 1.82) is 0 Å². The highest BCUT2D eigenvalue weighted by Gasteiger charge is 2.50. The third-order valence-corrected chi connectivity index (χ3v) is 6.12. The number of hydrogen-bond donors (Lipinski definition) is 2. The van der Waals surface area contributed by atoms with Gasteiger partial charge in [0.25, 0.3) is 0 Å². The molecule has 7 heteroatoms. The molecule has 1 saturated carbocycles. The molecular weight excluding hydrogens is 366 g/mol. The van der Waals surface area contributed by atoms with E-state index in [9.17, 15) is 4.79 Å². The number of rotatable bonds is 4. The first-order valence-corrected chi connectivity index (χ1v) is 10.0. The molecular formula is C22H29N5O2. The number of carbonyl (C=O) groups is 1. The second kappa shape index (κ2) is 6.90. The molecule has 154 valence electrons. The summed E-state index contributed by atoms with van der Waals surface area (Å²) in [4.78, 5) is 22.9. The van der Waals surface area contributed by atoms with Gasteiger partial charge in [-0.3, -0.25) is 0 Å². The van der Waals surface area contributed by atoms with Crippen LogP contribution in [0.25, 0.3) is 0 Å². The van der Waals surface area contributed by atoms with Crippen LogP contribution in [0.15, 0.2) is 30.6 Å². The molecule has 2 fully saturated rings. The molecule has 3 N–H and O–H groups in total. The Hall–Kier alpha value is -2.83. The summed E-state index contributed by atoms with van der Waals surface area (Å²) in [7, 11) is 1.37. The van der Waals surface area contributed by atoms with E-state index in [0.29, 0.717) is 33.9 Å². The van der Waals surface area contributed by atoms with Crippen molar-refractivity contribution in [1.82, 2.24) is 9.97 Å². The molecule has 1 saturated heterocycles. The van der Waals surface area contributed by atoms with Crippen molar-refractivity contribution < 1.29 is 9.53 Å². The zero-order valence-corrected chi connectivity index (χ0v) is 17.5. The van der Waals surface area contributed by atoms with Crippen LogP contribution >= 0.6 is 0 Å². The van der Waals surface area contributed by atoms with Crippen molar-refractivity contribution in [3.63, 3.8) is 0 Å². The van der Waals surface area contributed by atoms with Crippen molar-refractivity contribution in [2.45, 2.75) is 46.1 Å². The van der Waals surface area contributed by atoms with Crippen LogP contribution in [0.4, 0.5) is 23.0 Å². The maximum atomic E-state index is 11.6. The molecule has 1 aliphatic heterocycles. The summed E-state index contributed by atoms with van der Waals surface area (Å²) in [5, 5.41) is 3.25. The monoisotopic (exact) mass is 395 g/mol. The zero-order valence-electron chi connectivity index (χ0n) is 17.5. The summed E-state index contributed by atoms with van der Waals surface area (Å²) in [6.07, 6.45) is 5.10. The summed E-state index contributed by atoms with van der Waals surface area (Å²) in [5.74, 6) is 1.02. The molecule has 2 bridgehead atoms. The number of anilines is 4. The van der Waals surface area contributed by atoms with Crippen LogP contribution in [0.5, 0.6) is 0 Å². The molecule has 0 amide bonds. The van der Waals surface area contributed by atoms with Crippen molar-refractivity contribution >= 4 is 29.0 Å². The Bertz CT molecular complexity index is 927. The first kappa shape index (κ1) is 19.5. The maximum Gasteiger partial charge on any atom is 0.337 e. The highest BCUT2D eigenvalue weighted by Crippen LogP contribution is 2.54. The van der Waals surface area contributed by atoms with Gasteiger partial charge in [0.2, 0.25) is 0 Å². The molecule has 1 aliphatic carbocycles. The van der Waals surface area contributed by atoms with Crippen LogP contribution < -0.4 is 16.0 Å². The first-order valence-electron chi connectivity index (χ1n) is 10.0. The average molecular weight is 396 g/mol. The van der Waals surface area contributed by atoms with E-state index < -0.39 is 0 Å². The number of ether oxygens (including phenoxy) is 1. The van der Waals surface area contributed by atoms with Crippen LogP contribution in [0, 0.1) is 10.8 Å². The van der Waals surface area contributed by atoms with Gasteiger partial charge in [-0.2, -0.15) is 0 Å². The predicted molar refractivity (Wildman–Crippen MR) is 114 cm³/mol. The second-order valence-electron chi connectivity index (χ2n) is 9.50. The van der Waals surface area contributed by atoms with Crippen molar-refractivity contribution in [3.8, 4) is 0 Å². The maximum absolute atomic E-state index is 11.6. The zero-order chi connectivity index (χ0) is 20.8. The third-order valence-electron chi connectivity index (χ3n) is 6.12. The number of fused-ring (bicyclic) bond motifs is 2. The molecule has 0 radical (unpaired) electrons. The summed E-state index contributed by atoms with van der Waals surface area (Å²) in [6.45, 7) is 8.06. The predicted octanol–water partition coefficient (Wildman–Crippen LogP) is 3.99. The molecule has 2 aliphatic rings. The SMILES string of the molecule is COC(=O)c1ccc(Nc2ncnc(N3CC4(C)CC3CC(C)(C)C4)c2N)cc1. The highest BCUT2D eigenvalue weighted by molar-refractivity contribution is 5.90. The minimum absolute atomic E-state index is 0.293. The van der Waals surface area contributed by atoms with Gasteiger partial charge in [-0.25, -0.2) is 14.8 Å². The summed E-state index contributed by atoms with van der Waals surface area (Å²) in [6, 6.07) is 7.48. The van der Waals surface area contributed by atoms with E-state index in [4.69, 9.17) is 10.5 Å². The smallest absolute Gasteiger partial charge is 0.337 e. The van der Waals surface area contributed by atoms with Crippen LogP contribution in [0.1, 0.15) is 50.4 Å². The molecule has 29 heavy (non-hydrogen) atoms. The van der Waals surface area contributed by atoms with Gasteiger partial charge in [-0.05, 0) is 54.4 Å². The van der Waals surface area contributed by atoms with Gasteiger partial charge in [0.1, 0.15) is 12.0 Å². The number of esters is 1. The fourth-order valence-electron chi connectivity index (χ4n) is 5.37. The van der Waals surface area contributed by atoms with Gasteiger partial charge in [-0.1, -0.05) is 20.8 Å². The van der Waals surface area contributed by atoms with Crippen molar-refractivity contribution in [2.75, 3.05) is 29.6 Å². The van der Waals surface area contributed by atoms with Gasteiger partial charge >= 0.3 is 5.97 Å². The van der Waals surface area contributed by atoms with Gasteiger partial charge in [0, 0.05) is 18.3 Å². The molecule has 0 spiro atoms. The molecule has 7 nitrogen and oxygen atoms in total. The lowest BCUT2D eigenvalue weighted by atomic mass is 9.65. The first-order chi connectivity index (χ1) is 13.7. The van der Waals surface area contributed by atoms with E-state index in [1.165, 1.54) is 20.0 Å². The van der Waals surface area contributed by atoms with E-state index in [1.54, 1.807) is 30.6 Å². The molecule has 1 aromatic heterocycles. The Kier molecular flexibility index (Phi) is 4.63. The van der Waals surface area contributed by atoms with Crippen molar-refractivity contribution in [2.24, 2.45) is 10.8 Å². The molecule has 4 rings (SSSR count). The van der Waals surface area contributed by atoms with Gasteiger partial charge in [-0.15, -0.1) is 0 Å². The standard InChI is InChI=1S/C22H29N5O2/c1-21(2)9-16-10-22(3,11-21)12-27(16)19-17(23)18(24-13-25-19)26-15-7-5-14(6-8-15)20(28)29-4/h5-8,13,16H,9-12,23H2,1-4H3,(H,24,25,26). The number of nitrogens with zero attached hydrogens (tertiary/aromatic N) is 3. The number of carbonyl (C=O) groups excluding carboxylic acids is 1. The molecule has 2 unspecified atom stereocenters. The Labute approximate surface area is 171 Å². The Morgan fingerprint density at radius 1 is 1.21 bits per heavy atom. The van der Waals surface area contributed by atoms with Crippen LogP contribution in [0.2, 0.25) is 0 Å². The lowest BCUT2D eigenvalue weighted by Crippen LogP contribution is -2.35. The summed E-state index contributed by atoms with van der Waals surface area (Å²) >= 11 is 0. The third kappa shape index (κ3) is 3.73. The van der Waals surface area contributed by atoms with E-state index >= 15 is 0 Å². The van der Waals surface area contributed by atoms with E-state index in [1.807, 2.05) is 0 Å². The number of benzene rings is 1. The van der Waals surface area contributed by atoms with Crippen LogP contribution in [-0.4, -0.2) is 35.6 Å². The van der Waals surface area contributed by atoms with E-state index in [0.717, 1.165) is 24.5 Å². The average Bonchev–Trinajstić information content (AvgIpc) is 2.92. The van der Waals surface area contributed by atoms with Gasteiger partial charge in [0.15, 0.2) is 11.6 Å². The van der Waals surface area contributed by atoms with Gasteiger partial charge < -0.3 is 20.7 Å².